The topological polar surface area (TPSA) is 240 Å². The minimum Gasteiger partial charge on any atom is -0.540 e. The summed E-state index contributed by atoms with van der Waals surface area (Å²) in [5, 5.41) is 5.52. The van der Waals surface area contributed by atoms with Gasteiger partial charge in [0.25, 0.3) is 11.8 Å². The Kier molecular flexibility index (Phi) is 22.8. The maximum Gasteiger partial charge on any atom is 0.408 e. The van der Waals surface area contributed by atoms with Crippen molar-refractivity contribution >= 4 is 58.6 Å². The molecule has 2 radical (unpaired) electrons. The van der Waals surface area contributed by atoms with Crippen LogP contribution in [0.15, 0.2) is 36.4 Å². The molecule has 4 aliphatic heterocycles. The van der Waals surface area contributed by atoms with Crippen molar-refractivity contribution in [1.29, 1.82) is 0 Å². The number of benzene rings is 2. The van der Waals surface area contributed by atoms with Gasteiger partial charge in [-0.25, -0.2) is 42.1 Å². The van der Waals surface area contributed by atoms with Crippen molar-refractivity contribution < 1.29 is 129 Å². The van der Waals surface area contributed by atoms with Gasteiger partial charge in [0.15, 0.2) is 11.4 Å². The fraction of sp³-hybridized carbons (Fsp3) is 0.672. The normalized spacial score (nSPS) is 31.8. The Balaban J connectivity index is 0.000000223. The summed E-state index contributed by atoms with van der Waals surface area (Å²) in [5.41, 5.74) is -2.98. The van der Waals surface area contributed by atoms with E-state index < -0.39 is 144 Å². The average molecular weight is 1440 g/mol. The number of alkyl halides is 8. The number of hydrogen-bond acceptors (Lipinski definition) is 16. The van der Waals surface area contributed by atoms with Crippen LogP contribution in [-0.4, -0.2) is 141 Å². The van der Waals surface area contributed by atoms with Crippen molar-refractivity contribution in [3.63, 3.8) is 0 Å². The van der Waals surface area contributed by atoms with Gasteiger partial charge in [-0.2, -0.15) is 35.1 Å². The van der Waals surface area contributed by atoms with Crippen LogP contribution in [0.1, 0.15) is 150 Å². The van der Waals surface area contributed by atoms with Crippen molar-refractivity contribution in [1.82, 2.24) is 40.4 Å². The number of nitrogens with one attached hydrogen (secondary N) is 2. The molecule has 97 heavy (non-hydrogen) atoms. The minimum absolute atomic E-state index is 0. The number of aromatic nitrogens is 4. The number of nitrogens with zero attached hydrogens (tertiary/aromatic N) is 6. The number of amides is 4. The molecule has 8 aliphatic rings. The number of fused-ring (bicyclic) bond motifs is 14. The molecule has 2 N–H and O–H groups in total. The van der Waals surface area contributed by atoms with Crippen LogP contribution >= 0.6 is 0 Å². The quantitative estimate of drug-likeness (QED) is 0.129. The van der Waals surface area contributed by atoms with Crippen LogP contribution in [0, 0.1) is 58.2 Å². The summed E-state index contributed by atoms with van der Waals surface area (Å²) in [7, 11) is 0. The molecule has 12 rings (SSSR count). The van der Waals surface area contributed by atoms with E-state index in [0.29, 0.717) is 68.6 Å². The van der Waals surface area contributed by atoms with Crippen molar-refractivity contribution in [2.45, 2.75) is 213 Å². The third-order valence-corrected chi connectivity index (χ3v) is 20.5. The van der Waals surface area contributed by atoms with Crippen molar-refractivity contribution in [2.24, 2.45) is 58.2 Å². The Labute approximate surface area is 580 Å². The van der Waals surface area contributed by atoms with Gasteiger partial charge in [-0.05, 0) is 134 Å². The molecule has 6 fully saturated rings. The third-order valence-electron chi connectivity index (χ3n) is 20.5. The van der Waals surface area contributed by atoms with Crippen molar-refractivity contribution in [2.75, 3.05) is 13.1 Å². The zero-order chi connectivity index (χ0) is 68.4. The molecular weight excluding hydrogens is 1360 g/mol. The van der Waals surface area contributed by atoms with E-state index in [1.54, 1.807) is 55.4 Å². The molecule has 528 valence electrons. The molecule has 2 aromatic heterocycles. The molecule has 16 atom stereocenters. The molecule has 30 heteroatoms. The summed E-state index contributed by atoms with van der Waals surface area (Å²) in [5.74, 6) is -9.36. The summed E-state index contributed by atoms with van der Waals surface area (Å²) >= 11 is 0. The first-order valence-corrected chi connectivity index (χ1v) is 32.8. The van der Waals surface area contributed by atoms with Crippen LogP contribution in [-0.2, 0) is 77.6 Å². The molecule has 4 amide bonds. The fourth-order valence-corrected chi connectivity index (χ4v) is 15.3. The number of rotatable bonds is 7. The van der Waals surface area contributed by atoms with E-state index in [0.717, 1.165) is 25.0 Å². The summed E-state index contributed by atoms with van der Waals surface area (Å²) in [6.07, 6.45) is 4.63. The maximum atomic E-state index is 16.1. The number of alkyl carbamates (subject to hydrolysis) is 2. The van der Waals surface area contributed by atoms with Crippen LogP contribution in [0.3, 0.4) is 0 Å². The maximum absolute atomic E-state index is 16.1. The standard InChI is InChI=1S/C34H41F4N4O6.C33H39F4N4O6.2V/c1-5-19-24(16-43)42-15-26(19)47-29-27(39-22-10-9-18(46-31(35)36)14-23(22)40-29)34(37,38)11-7-6-8-20-21-12-17(21)13-25(20)48-32(45)41-28(30(42)44)33(2,3)4;1-16-23(15-42)41-14-25(16)46-28-26(38-21-9-8-18(45-30(34)35)13-22(21)39-28)33(36,37)10-6-5-7-19-20-11-17(20)12-24(19)47-31(44)40-27(29(41)43)32(2,3)4;;/h9-10,14,17,19-21,24-26,28,31H,5-8,11-13,15H2,1-4H3,(H,41,45);8-9,13,16-17,19-20,23-25,27,30H,5-7,10-12,14H2,1-4H3,(H,40,44);;/q2*-1;;/t17?,19-,20+,21?,24+,25+,26-,28+;16-,17?,19+,20?,23+,24+,25-,27+;;/m00../s1. The van der Waals surface area contributed by atoms with Crippen LogP contribution in [0.5, 0.6) is 23.3 Å². The molecule has 4 aliphatic carbocycles. The molecule has 4 bridgehead atoms. The average Bonchev–Trinajstić information content (AvgIpc) is 1.68. The Hall–Kier alpha value is -6.25. The Morgan fingerprint density at radius 1 is 0.567 bits per heavy atom. The van der Waals surface area contributed by atoms with Gasteiger partial charge < -0.3 is 58.4 Å². The number of carbonyl (C=O) groups excluding carboxylic acids is 6. The van der Waals surface area contributed by atoms with E-state index in [2.05, 4.69) is 40.0 Å². The van der Waals surface area contributed by atoms with Gasteiger partial charge in [0.2, 0.25) is 23.6 Å². The Bertz CT molecular complexity index is 3560. The van der Waals surface area contributed by atoms with E-state index in [1.165, 1.54) is 34.1 Å². The number of halogens is 8. The second-order valence-electron chi connectivity index (χ2n) is 29.0. The predicted molar refractivity (Wildman–Crippen MR) is 324 cm³/mol. The molecule has 0 spiro atoms. The SMILES string of the molecule is CC[C@@H]1[C@@H]2CN(C(=O)[C@H](C(C)(C)C)NC(=O)O[C@@H]3CC4CC4[C@H]3CCCCC(F)(F)c3nc4ccc(OC(F)F)cc4nc3O2)[C@@H]1[C-]=O.C[C@@H]1[C@@H]2CN(C(=O)[C@H](C(C)(C)C)NC(=O)O[C@@H]3CC4CC4[C@H]3CCCCC(F)(F)c3nc4ccc(OC(F)F)cc4nc3O2)[C@@H]1[C-]=O.[V].[V]. The van der Waals surface area contributed by atoms with E-state index in [4.69, 9.17) is 18.9 Å². The molecule has 2 saturated heterocycles. The second kappa shape index (κ2) is 29.5. The van der Waals surface area contributed by atoms with Crippen molar-refractivity contribution in [3.05, 3.63) is 47.8 Å². The van der Waals surface area contributed by atoms with Gasteiger partial charge in [0.1, 0.15) is 48.0 Å². The van der Waals surface area contributed by atoms with Crippen molar-refractivity contribution in [3.8, 4) is 23.3 Å². The Morgan fingerprint density at radius 2 is 0.979 bits per heavy atom. The van der Waals surface area contributed by atoms with E-state index in [9.17, 15) is 46.3 Å². The fourth-order valence-electron chi connectivity index (χ4n) is 15.3. The molecule has 2 aromatic carbocycles. The summed E-state index contributed by atoms with van der Waals surface area (Å²) < 4.78 is 149. The van der Waals surface area contributed by atoms with Gasteiger partial charge in [-0.3, -0.25) is 9.59 Å². The molecule has 4 unspecified atom stereocenters. The van der Waals surface area contributed by atoms with E-state index in [-0.39, 0.29) is 121 Å². The first-order valence-electron chi connectivity index (χ1n) is 32.8. The summed E-state index contributed by atoms with van der Waals surface area (Å²) in [6.45, 7) is 7.43. The first kappa shape index (κ1) is 75.0. The summed E-state index contributed by atoms with van der Waals surface area (Å²) in [6, 6.07) is 2.86. The molecule has 4 aromatic rings. The predicted octanol–water partition coefficient (Wildman–Crippen LogP) is 11.9. The van der Waals surface area contributed by atoms with E-state index in [1.807, 2.05) is 12.6 Å². The van der Waals surface area contributed by atoms with Gasteiger partial charge in [-0.15, -0.1) is 0 Å². The van der Waals surface area contributed by atoms with Gasteiger partial charge >= 0.3 is 25.4 Å². The zero-order valence-corrected chi connectivity index (χ0v) is 57.8. The first-order chi connectivity index (χ1) is 44.9. The molecule has 6 heterocycles. The zero-order valence-electron chi connectivity index (χ0n) is 55.0. The largest absolute Gasteiger partial charge is 0.540 e. The molecule has 20 nitrogen and oxygen atoms in total. The van der Waals surface area contributed by atoms with Crippen LogP contribution < -0.4 is 29.6 Å². The minimum atomic E-state index is -3.49. The second-order valence-corrected chi connectivity index (χ2v) is 29.0. The molecule has 4 saturated carbocycles. The van der Waals surface area contributed by atoms with Gasteiger partial charge in [0, 0.05) is 62.1 Å². The number of ether oxygens (including phenoxy) is 6. The van der Waals surface area contributed by atoms with Gasteiger partial charge in [-0.1, -0.05) is 86.7 Å². The number of hydrogen-bond donors (Lipinski definition) is 2. The Morgan fingerprint density at radius 3 is 1.38 bits per heavy atom. The van der Waals surface area contributed by atoms with Gasteiger partial charge in [0.05, 0.1) is 35.2 Å². The number of carbonyl (C=O) groups is 4. The van der Waals surface area contributed by atoms with Crippen LogP contribution in [0.4, 0.5) is 44.7 Å². The molecular formula is C67H80F8N8O12V2-2. The summed E-state index contributed by atoms with van der Waals surface area (Å²) in [4.78, 5) is 98.8. The monoisotopic (exact) mass is 1440 g/mol. The smallest absolute Gasteiger partial charge is 0.408 e. The van der Waals surface area contributed by atoms with E-state index >= 15 is 17.6 Å². The van der Waals surface area contributed by atoms with Crippen LogP contribution in [0.25, 0.3) is 22.1 Å². The van der Waals surface area contributed by atoms with Crippen LogP contribution in [0.2, 0.25) is 0 Å². The third kappa shape index (κ3) is 16.3.